The van der Waals surface area contributed by atoms with Crippen LogP contribution in [-0.4, -0.2) is 11.1 Å². The van der Waals surface area contributed by atoms with Crippen molar-refractivity contribution in [2.45, 2.75) is 24.1 Å². The lowest BCUT2D eigenvalue weighted by Gasteiger charge is -2.09. The van der Waals surface area contributed by atoms with Crippen LogP contribution in [0.5, 0.6) is 0 Å². The van der Waals surface area contributed by atoms with Crippen LogP contribution >= 0.6 is 23.4 Å². The number of hydrogen-bond acceptors (Lipinski definition) is 1. The van der Waals surface area contributed by atoms with E-state index in [0.717, 1.165) is 17.7 Å². The maximum absolute atomic E-state index is 12.3. The van der Waals surface area contributed by atoms with E-state index in [1.165, 1.54) is 12.1 Å². The van der Waals surface area contributed by atoms with Crippen LogP contribution in [0, 0.1) is 0 Å². The maximum atomic E-state index is 12.3. The second-order valence-corrected chi connectivity index (χ2v) is 5.21. The van der Waals surface area contributed by atoms with Gasteiger partial charge in [0.2, 0.25) is 0 Å². The van der Waals surface area contributed by atoms with Gasteiger partial charge >= 0.3 is 6.18 Å². The fraction of sp³-hybridized carbons (Fsp3) is 0.455. The molecule has 1 aromatic rings. The smallest absolute Gasteiger partial charge is 0.166 e. The molecule has 1 unspecified atom stereocenters. The molecule has 0 spiro atoms. The van der Waals surface area contributed by atoms with Crippen LogP contribution in [-0.2, 0) is 11.9 Å². The molecule has 0 saturated carbocycles. The molecular weight excluding hydrogens is 257 g/mol. The van der Waals surface area contributed by atoms with Crippen molar-refractivity contribution in [3.63, 3.8) is 0 Å². The number of rotatable bonds is 4. The Balaban J connectivity index is 2.58. The first-order chi connectivity index (χ1) is 7.43. The molecule has 0 N–H and O–H groups in total. The van der Waals surface area contributed by atoms with Gasteiger partial charge in [0, 0.05) is 16.9 Å². The van der Waals surface area contributed by atoms with Gasteiger partial charge in [0.1, 0.15) is 0 Å². The predicted molar refractivity (Wildman–Crippen MR) is 62.9 cm³/mol. The normalized spacial score (nSPS) is 13.8. The zero-order valence-corrected chi connectivity index (χ0v) is 10.3. The largest absolute Gasteiger partial charge is 0.416 e. The highest BCUT2D eigenvalue weighted by Crippen LogP contribution is 2.29. The van der Waals surface area contributed by atoms with Crippen molar-refractivity contribution in [1.82, 2.24) is 0 Å². The van der Waals surface area contributed by atoms with Gasteiger partial charge in [-0.25, -0.2) is 0 Å². The summed E-state index contributed by atoms with van der Waals surface area (Å²) in [5.41, 5.74) is 0.279. The Hall–Kier alpha value is -0.350. The maximum Gasteiger partial charge on any atom is 0.416 e. The zero-order valence-electron chi connectivity index (χ0n) is 8.72. The fourth-order valence-electron chi connectivity index (χ4n) is 1.07. The van der Waals surface area contributed by atoms with E-state index in [0.29, 0.717) is 16.9 Å². The minimum atomic E-state index is -4.25. The molecule has 5 heteroatoms. The van der Waals surface area contributed by atoms with Gasteiger partial charge in [-0.1, -0.05) is 19.1 Å². The predicted octanol–water partition coefficient (Wildman–Crippen LogP) is 4.57. The number of thioether (sulfide) groups is 1. The van der Waals surface area contributed by atoms with Gasteiger partial charge in [-0.2, -0.15) is 24.9 Å². The van der Waals surface area contributed by atoms with Crippen LogP contribution in [0.25, 0.3) is 0 Å². The van der Waals surface area contributed by atoms with E-state index in [1.807, 2.05) is 6.92 Å². The van der Waals surface area contributed by atoms with E-state index in [1.54, 1.807) is 11.8 Å². The number of halogens is 4. The van der Waals surface area contributed by atoms with Crippen molar-refractivity contribution in [2.24, 2.45) is 0 Å². The lowest BCUT2D eigenvalue weighted by molar-refractivity contribution is -0.137. The summed E-state index contributed by atoms with van der Waals surface area (Å²) in [6, 6.07) is 5.25. The third kappa shape index (κ3) is 4.26. The van der Waals surface area contributed by atoms with Crippen LogP contribution < -0.4 is 0 Å². The van der Waals surface area contributed by atoms with Gasteiger partial charge in [-0.15, -0.1) is 11.6 Å². The van der Waals surface area contributed by atoms with Gasteiger partial charge in [0.25, 0.3) is 0 Å². The molecule has 1 rings (SSSR count). The lowest BCUT2D eigenvalue weighted by atomic mass is 10.1. The van der Waals surface area contributed by atoms with E-state index >= 15 is 0 Å². The Morgan fingerprint density at radius 2 is 1.81 bits per heavy atom. The molecule has 0 bridgehead atoms. The topological polar surface area (TPSA) is 0 Å². The summed E-state index contributed by atoms with van der Waals surface area (Å²) in [6.07, 6.45) is -4.25. The van der Waals surface area contributed by atoms with Gasteiger partial charge in [0.05, 0.1) is 5.56 Å². The van der Waals surface area contributed by atoms with Gasteiger partial charge in [-0.3, -0.25) is 0 Å². The molecule has 90 valence electrons. The minimum absolute atomic E-state index is 0.309. The molecule has 1 atom stereocenters. The molecule has 0 radical (unpaired) electrons. The first-order valence-electron chi connectivity index (χ1n) is 4.77. The van der Waals surface area contributed by atoms with E-state index in [9.17, 15) is 13.2 Å². The van der Waals surface area contributed by atoms with E-state index < -0.39 is 11.7 Å². The Morgan fingerprint density at radius 3 is 2.25 bits per heavy atom. The third-order valence-electron chi connectivity index (χ3n) is 2.03. The van der Waals surface area contributed by atoms with Crippen molar-refractivity contribution < 1.29 is 13.2 Å². The monoisotopic (exact) mass is 268 g/mol. The summed E-state index contributed by atoms with van der Waals surface area (Å²) in [5, 5.41) is 0.309. The molecule has 0 aliphatic rings. The Labute approximate surface area is 102 Å². The highest BCUT2D eigenvalue weighted by atomic mass is 35.5. The first-order valence-corrected chi connectivity index (χ1v) is 6.35. The van der Waals surface area contributed by atoms with Crippen LogP contribution in [0.3, 0.4) is 0 Å². The molecule has 0 heterocycles. The van der Waals surface area contributed by atoms with Crippen molar-refractivity contribution in [3.05, 3.63) is 35.4 Å². The Kier molecular flexibility index (Phi) is 4.99. The molecular formula is C11H12ClF3S. The highest BCUT2D eigenvalue weighted by Gasteiger charge is 2.29. The Bertz CT molecular complexity index is 321. The van der Waals surface area contributed by atoms with Crippen LogP contribution in [0.15, 0.2) is 24.3 Å². The third-order valence-corrected chi connectivity index (χ3v) is 3.91. The van der Waals surface area contributed by atoms with E-state index in [-0.39, 0.29) is 0 Å². The van der Waals surface area contributed by atoms with E-state index in [4.69, 9.17) is 11.6 Å². The second-order valence-electron chi connectivity index (χ2n) is 3.47. The van der Waals surface area contributed by atoms with Crippen molar-refractivity contribution >= 4 is 23.4 Å². The summed E-state index contributed by atoms with van der Waals surface area (Å²) in [6.45, 7) is 1.99. The van der Waals surface area contributed by atoms with Gasteiger partial charge in [0.15, 0.2) is 0 Å². The summed E-state index contributed by atoms with van der Waals surface area (Å²) in [5.74, 6) is 1.23. The fourth-order valence-corrected chi connectivity index (χ4v) is 2.10. The van der Waals surface area contributed by atoms with Crippen LogP contribution in [0.2, 0.25) is 0 Å². The van der Waals surface area contributed by atoms with Gasteiger partial charge < -0.3 is 0 Å². The Morgan fingerprint density at radius 1 is 1.25 bits per heavy atom. The van der Waals surface area contributed by atoms with Crippen molar-refractivity contribution in [3.8, 4) is 0 Å². The van der Waals surface area contributed by atoms with Crippen molar-refractivity contribution in [2.75, 3.05) is 5.88 Å². The first kappa shape index (κ1) is 13.7. The molecule has 0 nitrogen and oxygen atoms in total. The summed E-state index contributed by atoms with van der Waals surface area (Å²) >= 11 is 7.26. The van der Waals surface area contributed by atoms with Crippen molar-refractivity contribution in [1.29, 1.82) is 0 Å². The summed E-state index contributed by atoms with van der Waals surface area (Å²) < 4.78 is 36.8. The molecule has 0 aromatic heterocycles. The molecule has 0 amide bonds. The standard InChI is InChI=1S/C11H12ClF3S/c1-8(6-12)16-7-9-2-4-10(5-3-9)11(13,14)15/h2-5,8H,6-7H2,1H3. The molecule has 0 aliphatic heterocycles. The average Bonchev–Trinajstić information content (AvgIpc) is 2.25. The zero-order chi connectivity index (χ0) is 12.2. The summed E-state index contributed by atoms with van der Waals surface area (Å²) in [7, 11) is 0. The quantitative estimate of drug-likeness (QED) is 0.721. The molecule has 16 heavy (non-hydrogen) atoms. The SMILES string of the molecule is CC(CCl)SCc1ccc(C(F)(F)F)cc1. The van der Waals surface area contributed by atoms with Crippen LogP contribution in [0.4, 0.5) is 13.2 Å². The lowest BCUT2D eigenvalue weighted by Crippen LogP contribution is -2.04. The van der Waals surface area contributed by atoms with Gasteiger partial charge in [-0.05, 0) is 17.7 Å². The molecule has 0 fully saturated rings. The number of alkyl halides is 4. The molecule has 0 aliphatic carbocycles. The van der Waals surface area contributed by atoms with Crippen LogP contribution in [0.1, 0.15) is 18.1 Å². The molecule has 0 saturated heterocycles. The average molecular weight is 269 g/mol. The minimum Gasteiger partial charge on any atom is -0.166 e. The molecule has 1 aromatic carbocycles. The number of hydrogen-bond donors (Lipinski definition) is 0. The van der Waals surface area contributed by atoms with E-state index in [2.05, 4.69) is 0 Å². The summed E-state index contributed by atoms with van der Waals surface area (Å²) in [4.78, 5) is 0. The second kappa shape index (κ2) is 5.82. The number of benzene rings is 1. The highest BCUT2D eigenvalue weighted by molar-refractivity contribution is 7.99.